The summed E-state index contributed by atoms with van der Waals surface area (Å²) in [5, 5.41) is 14.5. The highest BCUT2D eigenvalue weighted by Gasteiger charge is 2.11. The Kier molecular flexibility index (Phi) is 4.57. The Hall–Kier alpha value is -2.80. The van der Waals surface area contributed by atoms with Gasteiger partial charge in [-0.1, -0.05) is 17.7 Å². The second-order valence-electron chi connectivity index (χ2n) is 3.90. The summed E-state index contributed by atoms with van der Waals surface area (Å²) in [6.45, 7) is 0. The Morgan fingerprint density at radius 3 is 2.71 bits per heavy atom. The number of aromatic nitrogens is 1. The molecule has 0 spiro atoms. The lowest BCUT2D eigenvalue weighted by molar-refractivity contribution is -0.384. The van der Waals surface area contributed by atoms with Gasteiger partial charge in [0.15, 0.2) is 0 Å². The van der Waals surface area contributed by atoms with Crippen molar-refractivity contribution in [3.05, 3.63) is 69.0 Å². The van der Waals surface area contributed by atoms with E-state index >= 15 is 0 Å². The molecular formula is C13H9ClN4O3. The number of benzene rings is 1. The third-order valence-corrected chi connectivity index (χ3v) is 2.81. The standard InChI is InChI=1S/C13H9ClN4O3/c14-11-2-1-9(7-12(11)18(20)21)8-16-17-13(19)10-3-5-15-6-4-10/h1-8H,(H,17,19)/b16-8+. The molecule has 1 aromatic carbocycles. The average Bonchev–Trinajstić information content (AvgIpc) is 2.49. The number of hydrazone groups is 1. The fourth-order valence-electron chi connectivity index (χ4n) is 1.48. The van der Waals surface area contributed by atoms with Gasteiger partial charge in [-0.3, -0.25) is 19.9 Å². The van der Waals surface area contributed by atoms with Crippen LogP contribution in [0.3, 0.4) is 0 Å². The maximum Gasteiger partial charge on any atom is 0.288 e. The zero-order valence-corrected chi connectivity index (χ0v) is 11.3. The van der Waals surface area contributed by atoms with Crippen LogP contribution >= 0.6 is 11.6 Å². The maximum atomic E-state index is 11.7. The normalized spacial score (nSPS) is 10.5. The van der Waals surface area contributed by atoms with Gasteiger partial charge in [0, 0.05) is 29.6 Å². The van der Waals surface area contributed by atoms with Crippen LogP contribution in [0.25, 0.3) is 0 Å². The molecule has 1 aromatic heterocycles. The SMILES string of the molecule is O=C(N/N=C/c1ccc(Cl)c([N+](=O)[O-])c1)c1ccncc1. The van der Waals surface area contributed by atoms with E-state index in [0.717, 1.165) is 0 Å². The Morgan fingerprint density at radius 2 is 2.05 bits per heavy atom. The molecule has 0 saturated heterocycles. The zero-order chi connectivity index (χ0) is 15.2. The van der Waals surface area contributed by atoms with E-state index in [1.807, 2.05) is 0 Å². The van der Waals surface area contributed by atoms with Gasteiger partial charge in [0.2, 0.25) is 0 Å². The Labute approximate surface area is 124 Å². The van der Waals surface area contributed by atoms with Crippen LogP contribution in [0.1, 0.15) is 15.9 Å². The van der Waals surface area contributed by atoms with Crippen LogP contribution in [0.4, 0.5) is 5.69 Å². The molecule has 7 nitrogen and oxygen atoms in total. The molecule has 2 aromatic rings. The van der Waals surface area contributed by atoms with E-state index < -0.39 is 10.8 Å². The van der Waals surface area contributed by atoms with E-state index in [4.69, 9.17) is 11.6 Å². The first-order valence-corrected chi connectivity index (χ1v) is 6.13. The number of amides is 1. The van der Waals surface area contributed by atoms with Gasteiger partial charge in [-0.05, 0) is 18.2 Å². The molecule has 1 amide bonds. The lowest BCUT2D eigenvalue weighted by Crippen LogP contribution is -2.17. The largest absolute Gasteiger partial charge is 0.288 e. The van der Waals surface area contributed by atoms with Crippen LogP contribution in [0.5, 0.6) is 0 Å². The highest BCUT2D eigenvalue weighted by atomic mass is 35.5. The van der Waals surface area contributed by atoms with Crippen molar-refractivity contribution in [2.75, 3.05) is 0 Å². The molecule has 0 unspecified atom stereocenters. The fraction of sp³-hybridized carbons (Fsp3) is 0. The minimum atomic E-state index is -0.588. The van der Waals surface area contributed by atoms with E-state index in [1.54, 1.807) is 6.07 Å². The summed E-state index contributed by atoms with van der Waals surface area (Å²) in [5.41, 5.74) is 2.94. The van der Waals surface area contributed by atoms with Gasteiger partial charge in [-0.2, -0.15) is 5.10 Å². The lowest BCUT2D eigenvalue weighted by atomic mass is 10.2. The van der Waals surface area contributed by atoms with Gasteiger partial charge in [-0.25, -0.2) is 5.43 Å². The van der Waals surface area contributed by atoms with Crippen molar-refractivity contribution in [2.45, 2.75) is 0 Å². The molecule has 0 bridgehead atoms. The highest BCUT2D eigenvalue weighted by Crippen LogP contribution is 2.24. The van der Waals surface area contributed by atoms with Crippen molar-refractivity contribution < 1.29 is 9.72 Å². The number of hydrogen-bond acceptors (Lipinski definition) is 5. The van der Waals surface area contributed by atoms with Gasteiger partial charge >= 0.3 is 0 Å². The molecule has 0 aliphatic carbocycles. The summed E-state index contributed by atoms with van der Waals surface area (Å²) in [5.74, 6) is -0.405. The first-order chi connectivity index (χ1) is 10.1. The second-order valence-corrected chi connectivity index (χ2v) is 4.31. The topological polar surface area (TPSA) is 97.5 Å². The van der Waals surface area contributed by atoms with Crippen LogP contribution in [-0.4, -0.2) is 22.0 Å². The highest BCUT2D eigenvalue weighted by molar-refractivity contribution is 6.32. The number of halogens is 1. The predicted molar refractivity (Wildman–Crippen MR) is 77.4 cm³/mol. The number of carbonyl (C=O) groups is 1. The third-order valence-electron chi connectivity index (χ3n) is 2.49. The van der Waals surface area contributed by atoms with Crippen molar-refractivity contribution in [3.63, 3.8) is 0 Å². The molecule has 21 heavy (non-hydrogen) atoms. The van der Waals surface area contributed by atoms with E-state index in [0.29, 0.717) is 11.1 Å². The average molecular weight is 305 g/mol. The van der Waals surface area contributed by atoms with E-state index in [1.165, 1.54) is 42.9 Å². The van der Waals surface area contributed by atoms with Crippen LogP contribution in [0.2, 0.25) is 5.02 Å². The zero-order valence-electron chi connectivity index (χ0n) is 10.6. The van der Waals surface area contributed by atoms with Gasteiger partial charge in [0.05, 0.1) is 11.1 Å². The third kappa shape index (κ3) is 3.83. The van der Waals surface area contributed by atoms with Gasteiger partial charge < -0.3 is 0 Å². The second kappa shape index (κ2) is 6.58. The summed E-state index contributed by atoms with van der Waals surface area (Å²) < 4.78 is 0. The molecule has 1 N–H and O–H groups in total. The van der Waals surface area contributed by atoms with Crippen molar-refractivity contribution in [2.24, 2.45) is 5.10 Å². The Bertz CT molecular complexity index is 704. The predicted octanol–water partition coefficient (Wildman–Crippen LogP) is 2.41. The quantitative estimate of drug-likeness (QED) is 0.533. The van der Waals surface area contributed by atoms with Crippen LogP contribution in [0, 0.1) is 10.1 Å². The summed E-state index contributed by atoms with van der Waals surface area (Å²) in [4.78, 5) is 25.6. The molecule has 0 aliphatic heterocycles. The summed E-state index contributed by atoms with van der Waals surface area (Å²) in [6.07, 6.45) is 4.27. The molecule has 1 heterocycles. The minimum Gasteiger partial charge on any atom is -0.267 e. The van der Waals surface area contributed by atoms with Gasteiger partial charge in [0.1, 0.15) is 5.02 Å². The Morgan fingerprint density at radius 1 is 1.33 bits per heavy atom. The summed E-state index contributed by atoms with van der Waals surface area (Å²) >= 11 is 5.69. The molecule has 0 fully saturated rings. The number of nitrogens with one attached hydrogen (secondary N) is 1. The van der Waals surface area contributed by atoms with Crippen molar-refractivity contribution in [3.8, 4) is 0 Å². The number of nitrogens with zero attached hydrogens (tertiary/aromatic N) is 3. The number of nitro benzene ring substituents is 1. The van der Waals surface area contributed by atoms with E-state index in [-0.39, 0.29) is 10.7 Å². The molecular weight excluding hydrogens is 296 g/mol. The molecule has 106 valence electrons. The summed E-state index contributed by atoms with van der Waals surface area (Å²) in [7, 11) is 0. The maximum absolute atomic E-state index is 11.7. The number of rotatable bonds is 4. The van der Waals surface area contributed by atoms with Crippen LogP contribution in [0.15, 0.2) is 47.8 Å². The number of hydrogen-bond donors (Lipinski definition) is 1. The monoisotopic (exact) mass is 304 g/mol. The molecule has 2 rings (SSSR count). The molecule has 8 heteroatoms. The van der Waals surface area contributed by atoms with Crippen molar-refractivity contribution >= 4 is 29.4 Å². The van der Waals surface area contributed by atoms with Gasteiger partial charge in [0.25, 0.3) is 11.6 Å². The number of carbonyl (C=O) groups excluding carboxylic acids is 1. The van der Waals surface area contributed by atoms with E-state index in [9.17, 15) is 14.9 Å². The lowest BCUT2D eigenvalue weighted by Gasteiger charge is -1.99. The molecule has 0 aliphatic rings. The van der Waals surface area contributed by atoms with Crippen LogP contribution in [-0.2, 0) is 0 Å². The molecule has 0 radical (unpaired) electrons. The van der Waals surface area contributed by atoms with Gasteiger partial charge in [-0.15, -0.1) is 0 Å². The first kappa shape index (κ1) is 14.6. The number of pyridine rings is 1. The van der Waals surface area contributed by atoms with Crippen molar-refractivity contribution in [1.29, 1.82) is 0 Å². The van der Waals surface area contributed by atoms with E-state index in [2.05, 4.69) is 15.5 Å². The summed E-state index contributed by atoms with van der Waals surface area (Å²) in [6, 6.07) is 7.30. The smallest absolute Gasteiger partial charge is 0.267 e. The van der Waals surface area contributed by atoms with Crippen LogP contribution < -0.4 is 5.43 Å². The number of nitro groups is 1. The van der Waals surface area contributed by atoms with Crippen molar-refractivity contribution in [1.82, 2.24) is 10.4 Å². The molecule has 0 atom stereocenters. The minimum absolute atomic E-state index is 0.0398. The Balaban J connectivity index is 2.07. The molecule has 0 saturated carbocycles. The first-order valence-electron chi connectivity index (χ1n) is 5.75. The fourth-order valence-corrected chi connectivity index (χ4v) is 1.67.